The molecule has 2 aromatic heterocycles. The van der Waals surface area contributed by atoms with Crippen molar-refractivity contribution in [2.24, 2.45) is 0 Å². The fourth-order valence-electron chi connectivity index (χ4n) is 3.94. The van der Waals surface area contributed by atoms with E-state index in [2.05, 4.69) is 0 Å². The van der Waals surface area contributed by atoms with Crippen molar-refractivity contribution in [1.29, 1.82) is 0 Å². The van der Waals surface area contributed by atoms with Crippen molar-refractivity contribution < 1.29 is 33.0 Å². The van der Waals surface area contributed by atoms with Crippen molar-refractivity contribution in [2.45, 2.75) is 5.92 Å². The van der Waals surface area contributed by atoms with E-state index in [-0.39, 0.29) is 27.9 Å². The molecule has 4 rings (SSSR count). The van der Waals surface area contributed by atoms with Crippen LogP contribution in [0.4, 0.5) is 0 Å². The summed E-state index contributed by atoms with van der Waals surface area (Å²) < 4.78 is 21.6. The van der Waals surface area contributed by atoms with Gasteiger partial charge in [0.25, 0.3) is 0 Å². The zero-order chi connectivity index (χ0) is 23.7. The van der Waals surface area contributed by atoms with E-state index in [1.807, 2.05) is 0 Å². The number of nitrogens with zero attached hydrogens (tertiary/aromatic N) is 1. The maximum Gasteiger partial charge on any atom is 0.361 e. The Morgan fingerprint density at radius 1 is 0.848 bits per heavy atom. The minimum absolute atomic E-state index is 0.0737. The number of carbonyl (C=O) groups is 3. The molecule has 0 radical (unpaired) electrons. The summed E-state index contributed by atoms with van der Waals surface area (Å²) in [5.41, 5.74) is 0.112. The van der Waals surface area contributed by atoms with Crippen LogP contribution in [0.3, 0.4) is 0 Å². The molecule has 0 fully saturated rings. The van der Waals surface area contributed by atoms with Crippen molar-refractivity contribution in [1.82, 2.24) is 4.40 Å². The van der Waals surface area contributed by atoms with E-state index in [1.165, 1.54) is 4.40 Å². The number of benzene rings is 2. The average Bonchev–Trinajstić information content (AvgIpc) is 3.20. The molecule has 4 aromatic rings. The monoisotopic (exact) mass is 449 g/mol. The van der Waals surface area contributed by atoms with Gasteiger partial charge in [-0.25, -0.2) is 9.59 Å². The molecule has 0 atom stereocenters. The molecular weight excluding hydrogens is 430 g/mol. The normalized spacial score (nSPS) is 11.0. The van der Waals surface area contributed by atoms with Crippen molar-refractivity contribution >= 4 is 34.5 Å². The number of methoxy groups -OCH3 is 3. The van der Waals surface area contributed by atoms with Gasteiger partial charge in [-0.15, -0.1) is 0 Å². The summed E-state index contributed by atoms with van der Waals surface area (Å²) in [6.07, 6.45) is 0. The highest BCUT2D eigenvalue weighted by atomic mass is 16.5. The summed E-state index contributed by atoms with van der Waals surface area (Å²) in [5.74, 6) is -4.52. The summed E-state index contributed by atoms with van der Waals surface area (Å²) in [6, 6.07) is 15.4. The summed E-state index contributed by atoms with van der Waals surface area (Å²) in [7, 11) is 3.35. The predicted molar refractivity (Wildman–Crippen MR) is 117 cm³/mol. The minimum atomic E-state index is -1.66. The third kappa shape index (κ3) is 3.43. The lowest BCUT2D eigenvalue weighted by atomic mass is 9.92. The molecule has 0 aliphatic carbocycles. The molecule has 0 spiro atoms. The molecule has 0 unspecified atom stereocenters. The molecule has 2 heterocycles. The molecule has 9 heteroatoms. The van der Waals surface area contributed by atoms with Crippen LogP contribution in [0.2, 0.25) is 0 Å². The molecule has 0 saturated carbocycles. The van der Waals surface area contributed by atoms with Crippen molar-refractivity contribution in [3.8, 4) is 11.3 Å². The van der Waals surface area contributed by atoms with E-state index >= 15 is 0 Å². The zero-order valence-electron chi connectivity index (χ0n) is 18.0. The maximum atomic E-state index is 13.1. The fourth-order valence-corrected chi connectivity index (χ4v) is 3.94. The fraction of sp³-hybridized carbons (Fsp3) is 0.167. The molecule has 168 valence electrons. The van der Waals surface area contributed by atoms with Gasteiger partial charge in [0.2, 0.25) is 0 Å². The molecule has 0 aliphatic rings. The summed E-state index contributed by atoms with van der Waals surface area (Å²) in [5, 5.41) is 0. The van der Waals surface area contributed by atoms with Gasteiger partial charge in [-0.2, -0.15) is 0 Å². The van der Waals surface area contributed by atoms with Crippen LogP contribution < -0.4 is 5.63 Å². The lowest BCUT2D eigenvalue weighted by Crippen LogP contribution is -2.26. The number of para-hydroxylation sites is 2. The molecule has 33 heavy (non-hydrogen) atoms. The second-order valence-electron chi connectivity index (χ2n) is 7.02. The Hall–Kier alpha value is -4.40. The first kappa shape index (κ1) is 21.8. The van der Waals surface area contributed by atoms with Crippen molar-refractivity contribution in [3.63, 3.8) is 0 Å². The molecule has 2 aromatic carbocycles. The molecular formula is C24H19NO8. The number of ether oxygens (including phenoxy) is 3. The van der Waals surface area contributed by atoms with Crippen LogP contribution >= 0.6 is 0 Å². The Balaban J connectivity index is 2.34. The highest BCUT2D eigenvalue weighted by Crippen LogP contribution is 2.39. The van der Waals surface area contributed by atoms with Gasteiger partial charge < -0.3 is 18.6 Å². The number of carbonyl (C=O) groups excluding carboxylic acids is 3. The summed E-state index contributed by atoms with van der Waals surface area (Å²) in [6.45, 7) is 0. The van der Waals surface area contributed by atoms with E-state index < -0.39 is 29.5 Å². The van der Waals surface area contributed by atoms with E-state index in [1.54, 1.807) is 54.6 Å². The first-order chi connectivity index (χ1) is 15.9. The van der Waals surface area contributed by atoms with E-state index in [4.69, 9.17) is 18.6 Å². The van der Waals surface area contributed by atoms with Crippen molar-refractivity contribution in [3.05, 3.63) is 76.1 Å². The zero-order valence-corrected chi connectivity index (χ0v) is 18.0. The third-order valence-corrected chi connectivity index (χ3v) is 5.31. The van der Waals surface area contributed by atoms with Gasteiger partial charge in [0.15, 0.2) is 11.5 Å². The van der Waals surface area contributed by atoms with Gasteiger partial charge in [0.1, 0.15) is 5.52 Å². The number of aromatic nitrogens is 1. The molecule has 0 saturated heterocycles. The quantitative estimate of drug-likeness (QED) is 0.260. The van der Waals surface area contributed by atoms with Gasteiger partial charge in [0.05, 0.1) is 38.1 Å². The van der Waals surface area contributed by atoms with E-state index in [0.29, 0.717) is 11.1 Å². The van der Waals surface area contributed by atoms with Gasteiger partial charge in [-0.3, -0.25) is 14.0 Å². The first-order valence-electron chi connectivity index (χ1n) is 9.84. The number of esters is 3. The van der Waals surface area contributed by atoms with Gasteiger partial charge >= 0.3 is 23.5 Å². The standard InChI is InChI=1S/C24H19NO8/c1-30-21(26)17-16(18(22(27)31-2)23(28)32-3)19(13-9-5-4-6-10-13)25-14-11-7-8-12-15(14)33-24(29)20(17)25/h4-12,18H,1-3H3. The average molecular weight is 449 g/mol. The molecule has 0 bridgehead atoms. The smallest absolute Gasteiger partial charge is 0.361 e. The molecule has 9 nitrogen and oxygen atoms in total. The van der Waals surface area contributed by atoms with Gasteiger partial charge in [-0.05, 0) is 17.7 Å². The number of rotatable bonds is 5. The van der Waals surface area contributed by atoms with Crippen molar-refractivity contribution in [2.75, 3.05) is 21.3 Å². The molecule has 0 aliphatic heterocycles. The predicted octanol–water partition coefficient (Wildman–Crippen LogP) is 2.93. The Bertz CT molecular complexity index is 1430. The van der Waals surface area contributed by atoms with Crippen LogP contribution in [-0.4, -0.2) is 43.6 Å². The largest absolute Gasteiger partial charge is 0.468 e. The number of hydrogen-bond donors (Lipinski definition) is 0. The van der Waals surface area contributed by atoms with Gasteiger partial charge in [0, 0.05) is 5.56 Å². The third-order valence-electron chi connectivity index (χ3n) is 5.31. The van der Waals surface area contributed by atoms with Gasteiger partial charge in [-0.1, -0.05) is 42.5 Å². The summed E-state index contributed by atoms with van der Waals surface area (Å²) in [4.78, 5) is 51.7. The maximum absolute atomic E-state index is 13.1. The highest BCUT2D eigenvalue weighted by Gasteiger charge is 2.41. The van der Waals surface area contributed by atoms with Crippen LogP contribution in [-0.2, 0) is 23.8 Å². The van der Waals surface area contributed by atoms with E-state index in [9.17, 15) is 19.2 Å². The first-order valence-corrected chi connectivity index (χ1v) is 9.84. The number of fused-ring (bicyclic) bond motifs is 3. The Kier molecular flexibility index (Phi) is 5.70. The number of hydrogen-bond acceptors (Lipinski definition) is 8. The van der Waals surface area contributed by atoms with E-state index in [0.717, 1.165) is 21.3 Å². The minimum Gasteiger partial charge on any atom is -0.468 e. The van der Waals surface area contributed by atoms with Crippen LogP contribution in [0.1, 0.15) is 21.8 Å². The topological polar surface area (TPSA) is 114 Å². The van der Waals surface area contributed by atoms with Crippen LogP contribution in [0.5, 0.6) is 0 Å². The molecule has 0 amide bonds. The van der Waals surface area contributed by atoms with Crippen LogP contribution in [0, 0.1) is 0 Å². The van der Waals surface area contributed by atoms with Crippen LogP contribution in [0.25, 0.3) is 27.9 Å². The molecule has 0 N–H and O–H groups in total. The second kappa shape index (κ2) is 8.62. The highest BCUT2D eigenvalue weighted by molar-refractivity contribution is 6.10. The lowest BCUT2D eigenvalue weighted by molar-refractivity contribution is -0.154. The second-order valence-corrected chi connectivity index (χ2v) is 7.02. The lowest BCUT2D eigenvalue weighted by Gasteiger charge is -2.16. The SMILES string of the molecule is COC(=O)c1c(C(C(=O)OC)C(=O)OC)c(-c2ccccc2)n2c1c(=O)oc1ccccc12. The Labute approximate surface area is 187 Å². The summed E-state index contributed by atoms with van der Waals surface area (Å²) >= 11 is 0. The van der Waals surface area contributed by atoms with Crippen LogP contribution in [0.15, 0.2) is 63.8 Å². The Morgan fingerprint density at radius 3 is 2.06 bits per heavy atom. The Morgan fingerprint density at radius 2 is 1.45 bits per heavy atom.